The van der Waals surface area contributed by atoms with Crippen molar-refractivity contribution >= 4 is 39.6 Å². The van der Waals surface area contributed by atoms with E-state index in [9.17, 15) is 4.39 Å². The van der Waals surface area contributed by atoms with E-state index in [1.807, 2.05) is 19.1 Å². The molecule has 0 aliphatic carbocycles. The van der Waals surface area contributed by atoms with Crippen LogP contribution in [0.3, 0.4) is 0 Å². The number of ether oxygens (including phenoxy) is 1. The first-order valence-corrected chi connectivity index (χ1v) is 11.2. The standard InChI is InChI=1S/C22H22ClFN8O/c1-9-22(32-10-3-6-14(32)17(24)12(25)7-10)29-21-20(27-9)18(30-31-21)11-4-5-13-19(16(11)23)28-15(33-2)8-26-13/h4-5,8,10,12,14,17H,3,6-7,25H2,1-2H3,(H,29,30,31)/t10-,12-,14+,17-/m0/s1. The molecule has 0 radical (unpaired) electrons. The Morgan fingerprint density at radius 2 is 2.06 bits per heavy atom. The van der Waals surface area contributed by atoms with Crippen LogP contribution in [0.25, 0.3) is 33.5 Å². The molecular weight excluding hydrogens is 447 g/mol. The lowest BCUT2D eigenvalue weighted by molar-refractivity contribution is 0.203. The van der Waals surface area contributed by atoms with Crippen LogP contribution in [0.2, 0.25) is 5.02 Å². The molecule has 4 atom stereocenters. The maximum Gasteiger partial charge on any atom is 0.232 e. The maximum atomic E-state index is 14.8. The zero-order valence-electron chi connectivity index (χ0n) is 18.1. The number of aryl methyl sites for hydroxylation is 1. The van der Waals surface area contributed by atoms with Crippen molar-refractivity contribution in [2.24, 2.45) is 5.73 Å². The molecule has 3 aromatic heterocycles. The highest BCUT2D eigenvalue weighted by molar-refractivity contribution is 6.38. The van der Waals surface area contributed by atoms with Gasteiger partial charge in [-0.1, -0.05) is 11.6 Å². The molecule has 0 amide bonds. The van der Waals surface area contributed by atoms with Crippen LogP contribution in [0, 0.1) is 6.92 Å². The van der Waals surface area contributed by atoms with Gasteiger partial charge in [0.05, 0.1) is 41.3 Å². The molecule has 5 heterocycles. The number of methoxy groups -OCH3 is 1. The summed E-state index contributed by atoms with van der Waals surface area (Å²) < 4.78 is 20.0. The smallest absolute Gasteiger partial charge is 0.232 e. The number of aromatic amines is 1. The highest BCUT2D eigenvalue weighted by Crippen LogP contribution is 2.41. The summed E-state index contributed by atoms with van der Waals surface area (Å²) in [5.74, 6) is 1.04. The molecule has 11 heteroatoms. The second-order valence-electron chi connectivity index (χ2n) is 8.66. The number of piperidine rings is 1. The van der Waals surface area contributed by atoms with Gasteiger partial charge in [0.1, 0.15) is 17.2 Å². The Labute approximate surface area is 193 Å². The van der Waals surface area contributed by atoms with Crippen molar-refractivity contribution in [2.45, 2.75) is 50.5 Å². The Morgan fingerprint density at radius 1 is 1.21 bits per heavy atom. The van der Waals surface area contributed by atoms with Crippen LogP contribution in [0.5, 0.6) is 5.88 Å². The average molecular weight is 469 g/mol. The number of aromatic nitrogens is 6. The van der Waals surface area contributed by atoms with Gasteiger partial charge >= 0.3 is 0 Å². The molecule has 9 nitrogen and oxygen atoms in total. The Hall–Kier alpha value is -3.11. The minimum absolute atomic E-state index is 0.171. The Bertz CT molecular complexity index is 1390. The lowest BCUT2D eigenvalue weighted by atomic mass is 9.96. The zero-order chi connectivity index (χ0) is 22.9. The molecule has 6 rings (SSSR count). The van der Waals surface area contributed by atoms with E-state index in [0.29, 0.717) is 62.3 Å². The van der Waals surface area contributed by atoms with Gasteiger partial charge in [0, 0.05) is 17.6 Å². The number of fused-ring (bicyclic) bond motifs is 4. The third kappa shape index (κ3) is 3.04. The fraction of sp³-hybridized carbons (Fsp3) is 0.409. The van der Waals surface area contributed by atoms with Crippen molar-refractivity contribution in [2.75, 3.05) is 12.0 Å². The summed E-state index contributed by atoms with van der Waals surface area (Å²) in [6.07, 6.45) is 2.75. The molecule has 2 bridgehead atoms. The number of nitrogens with one attached hydrogen (secondary N) is 1. The third-order valence-corrected chi connectivity index (χ3v) is 7.14. The normalized spacial score (nSPS) is 24.7. The summed E-state index contributed by atoms with van der Waals surface area (Å²) in [4.78, 5) is 20.4. The summed E-state index contributed by atoms with van der Waals surface area (Å²) in [6.45, 7) is 1.89. The van der Waals surface area contributed by atoms with Gasteiger partial charge in [-0.15, -0.1) is 0 Å². The Morgan fingerprint density at radius 3 is 2.88 bits per heavy atom. The predicted octanol–water partition coefficient (Wildman–Crippen LogP) is 3.34. The van der Waals surface area contributed by atoms with Crippen LogP contribution in [0.1, 0.15) is 25.0 Å². The molecule has 4 aromatic rings. The monoisotopic (exact) mass is 468 g/mol. The van der Waals surface area contributed by atoms with Crippen LogP contribution >= 0.6 is 11.6 Å². The second-order valence-corrected chi connectivity index (χ2v) is 9.04. The summed E-state index contributed by atoms with van der Waals surface area (Å²) >= 11 is 6.72. The van der Waals surface area contributed by atoms with E-state index in [2.05, 4.69) is 25.1 Å². The van der Waals surface area contributed by atoms with Crippen LogP contribution in [0.4, 0.5) is 10.2 Å². The molecule has 0 unspecified atom stereocenters. The van der Waals surface area contributed by atoms with Crippen LogP contribution in [-0.4, -0.2) is 61.5 Å². The van der Waals surface area contributed by atoms with E-state index in [0.717, 1.165) is 12.8 Å². The van der Waals surface area contributed by atoms with Gasteiger partial charge in [-0.2, -0.15) is 5.10 Å². The topological polar surface area (TPSA) is 119 Å². The van der Waals surface area contributed by atoms with Crippen LogP contribution in [-0.2, 0) is 0 Å². The molecule has 2 saturated heterocycles. The number of anilines is 1. The fourth-order valence-corrected chi connectivity index (χ4v) is 5.47. The maximum absolute atomic E-state index is 14.8. The minimum Gasteiger partial charge on any atom is -0.480 e. The highest BCUT2D eigenvalue weighted by atomic mass is 35.5. The van der Waals surface area contributed by atoms with E-state index in [1.54, 1.807) is 6.20 Å². The number of rotatable bonds is 3. The number of halogens is 2. The molecule has 170 valence electrons. The van der Waals surface area contributed by atoms with Crippen molar-refractivity contribution in [3.05, 3.63) is 29.0 Å². The quantitative estimate of drug-likeness (QED) is 0.470. The van der Waals surface area contributed by atoms with E-state index >= 15 is 0 Å². The molecule has 0 spiro atoms. The average Bonchev–Trinajstić information content (AvgIpc) is 3.38. The molecule has 2 aliphatic heterocycles. The Kier molecular flexibility index (Phi) is 4.63. The van der Waals surface area contributed by atoms with Gasteiger partial charge in [0.25, 0.3) is 0 Å². The third-order valence-electron chi connectivity index (χ3n) is 6.76. The van der Waals surface area contributed by atoms with E-state index in [4.69, 9.17) is 32.0 Å². The molecule has 0 saturated carbocycles. The summed E-state index contributed by atoms with van der Waals surface area (Å²) in [6, 6.07) is 3.16. The molecule has 2 aliphatic rings. The predicted molar refractivity (Wildman–Crippen MR) is 123 cm³/mol. The van der Waals surface area contributed by atoms with Crippen molar-refractivity contribution in [3.8, 4) is 17.1 Å². The van der Waals surface area contributed by atoms with Gasteiger partial charge in [-0.3, -0.25) is 5.10 Å². The summed E-state index contributed by atoms with van der Waals surface area (Å²) in [7, 11) is 1.53. The fourth-order valence-electron chi connectivity index (χ4n) is 5.18. The largest absolute Gasteiger partial charge is 0.480 e. The summed E-state index contributed by atoms with van der Waals surface area (Å²) in [5, 5.41) is 7.83. The first-order chi connectivity index (χ1) is 16.0. The second kappa shape index (κ2) is 7.46. The first-order valence-electron chi connectivity index (χ1n) is 10.9. The summed E-state index contributed by atoms with van der Waals surface area (Å²) in [5.41, 5.74) is 10.3. The van der Waals surface area contributed by atoms with Gasteiger partial charge in [0.2, 0.25) is 11.5 Å². The minimum atomic E-state index is -1.08. The molecule has 3 N–H and O–H groups in total. The van der Waals surface area contributed by atoms with Crippen molar-refractivity contribution in [1.29, 1.82) is 0 Å². The Balaban J connectivity index is 1.46. The van der Waals surface area contributed by atoms with Gasteiger partial charge < -0.3 is 15.4 Å². The number of nitrogens with two attached hydrogens (primary N) is 1. The van der Waals surface area contributed by atoms with E-state index in [1.165, 1.54) is 7.11 Å². The van der Waals surface area contributed by atoms with Gasteiger partial charge in [-0.05, 0) is 38.3 Å². The van der Waals surface area contributed by atoms with Crippen molar-refractivity contribution in [3.63, 3.8) is 0 Å². The number of hydrogen-bond donors (Lipinski definition) is 2. The lowest BCUT2D eigenvalue weighted by Gasteiger charge is -2.41. The number of H-pyrrole nitrogens is 1. The first kappa shape index (κ1) is 20.5. The number of alkyl halides is 1. The zero-order valence-corrected chi connectivity index (χ0v) is 18.8. The molecule has 1 aromatic carbocycles. The van der Waals surface area contributed by atoms with Gasteiger partial charge in [0.15, 0.2) is 5.82 Å². The lowest BCUT2D eigenvalue weighted by Crippen LogP contribution is -2.56. The van der Waals surface area contributed by atoms with Crippen molar-refractivity contribution < 1.29 is 9.13 Å². The highest BCUT2D eigenvalue weighted by Gasteiger charge is 2.47. The number of nitrogens with zero attached hydrogens (tertiary/aromatic N) is 6. The molecule has 2 fully saturated rings. The van der Waals surface area contributed by atoms with E-state index in [-0.39, 0.29) is 12.1 Å². The SMILES string of the molecule is COc1cnc2ccc(-c3[nH]nc4nc(N5[C@H]6CC[C@@H]5[C@@H](F)[C@@H](N)C6)c(C)nc34)c(Cl)c2n1. The van der Waals surface area contributed by atoms with Crippen LogP contribution < -0.4 is 15.4 Å². The van der Waals surface area contributed by atoms with E-state index < -0.39 is 12.2 Å². The number of benzene rings is 1. The van der Waals surface area contributed by atoms with Crippen LogP contribution in [0.15, 0.2) is 18.3 Å². The number of hydrogen-bond acceptors (Lipinski definition) is 8. The molecular formula is C22H22ClFN8O. The molecule has 33 heavy (non-hydrogen) atoms. The van der Waals surface area contributed by atoms with Gasteiger partial charge in [-0.25, -0.2) is 24.3 Å². The van der Waals surface area contributed by atoms with Crippen molar-refractivity contribution in [1.82, 2.24) is 30.1 Å².